The summed E-state index contributed by atoms with van der Waals surface area (Å²) in [5.74, 6) is -0.247. The van der Waals surface area contributed by atoms with Crippen LogP contribution in [0.25, 0.3) is 21.5 Å². The van der Waals surface area contributed by atoms with E-state index in [4.69, 9.17) is 0 Å². The highest BCUT2D eigenvalue weighted by Gasteiger charge is 2.20. The molecule has 0 aromatic heterocycles. The molecule has 3 rings (SSSR count). The van der Waals surface area contributed by atoms with Crippen LogP contribution >= 0.6 is 0 Å². The van der Waals surface area contributed by atoms with Crippen LogP contribution in [-0.2, 0) is 0 Å². The van der Waals surface area contributed by atoms with E-state index in [0.29, 0.717) is 10.8 Å². The number of nitro groups is 1. The Balaban J connectivity index is 2.64. The number of hydrogen-bond acceptors (Lipinski definition) is 4. The number of rotatable bonds is 1. The zero-order chi connectivity index (χ0) is 13.6. The Morgan fingerprint density at radius 2 is 1.42 bits per heavy atom. The molecule has 0 radical (unpaired) electrons. The molecule has 0 aliphatic rings. The number of aromatic hydroxyl groups is 2. The van der Waals surface area contributed by atoms with E-state index < -0.39 is 4.92 Å². The molecule has 0 bridgehead atoms. The van der Waals surface area contributed by atoms with Gasteiger partial charge in [-0.3, -0.25) is 10.1 Å². The third-order valence-electron chi connectivity index (χ3n) is 3.17. The number of hydrogen-bond donors (Lipinski definition) is 2. The number of nitro benzene ring substituents is 1. The van der Waals surface area contributed by atoms with Crippen LogP contribution < -0.4 is 0 Å². The minimum atomic E-state index is -0.573. The quantitative estimate of drug-likeness (QED) is 0.302. The molecule has 0 amide bonds. The second-order valence-corrected chi connectivity index (χ2v) is 4.20. The number of fused-ring (bicyclic) bond motifs is 2. The fourth-order valence-corrected chi connectivity index (χ4v) is 2.31. The lowest BCUT2D eigenvalue weighted by Gasteiger charge is -2.09. The maximum Gasteiger partial charge on any atom is 0.281 e. The maximum atomic E-state index is 11.0. The van der Waals surface area contributed by atoms with Crippen molar-refractivity contribution >= 4 is 27.2 Å². The van der Waals surface area contributed by atoms with Crippen LogP contribution in [0.1, 0.15) is 0 Å². The maximum absolute atomic E-state index is 11.0. The molecule has 0 fully saturated rings. The van der Waals surface area contributed by atoms with Crippen molar-refractivity contribution in [1.29, 1.82) is 0 Å². The van der Waals surface area contributed by atoms with Gasteiger partial charge in [-0.25, -0.2) is 0 Å². The van der Waals surface area contributed by atoms with Crippen LogP contribution in [0.2, 0.25) is 0 Å². The van der Waals surface area contributed by atoms with Gasteiger partial charge in [0, 0.05) is 22.2 Å². The predicted octanol–water partition coefficient (Wildman–Crippen LogP) is 3.31. The first kappa shape index (κ1) is 11.3. The smallest absolute Gasteiger partial charge is 0.281 e. The summed E-state index contributed by atoms with van der Waals surface area (Å²) in [7, 11) is 0. The van der Waals surface area contributed by atoms with Crippen molar-refractivity contribution in [2.45, 2.75) is 0 Å². The summed E-state index contributed by atoms with van der Waals surface area (Å²) in [6.45, 7) is 0. The topological polar surface area (TPSA) is 83.6 Å². The molecule has 19 heavy (non-hydrogen) atoms. The molecule has 0 aliphatic carbocycles. The van der Waals surface area contributed by atoms with Gasteiger partial charge in [0.2, 0.25) is 0 Å². The van der Waals surface area contributed by atoms with Gasteiger partial charge in [0.15, 0.2) is 0 Å². The normalized spacial score (nSPS) is 10.9. The van der Waals surface area contributed by atoms with Crippen molar-refractivity contribution in [3.8, 4) is 11.5 Å². The summed E-state index contributed by atoms with van der Waals surface area (Å²) in [4.78, 5) is 10.5. The molecule has 0 saturated carbocycles. The fourth-order valence-electron chi connectivity index (χ4n) is 2.31. The molecule has 3 aromatic rings. The number of phenols is 2. The Morgan fingerprint density at radius 3 is 2.05 bits per heavy atom. The van der Waals surface area contributed by atoms with Crippen LogP contribution in [0.5, 0.6) is 11.5 Å². The molecule has 0 atom stereocenters. The predicted molar refractivity (Wildman–Crippen MR) is 71.4 cm³/mol. The standard InChI is InChI=1S/C14H9NO4/c16-13-8-4-1-2-5-9(8)14(17)12-10(13)6-3-7-11(12)15(18)19/h1-7,16-17H. The van der Waals surface area contributed by atoms with Gasteiger partial charge in [0.25, 0.3) is 5.69 Å². The Kier molecular flexibility index (Phi) is 2.28. The highest BCUT2D eigenvalue weighted by Crippen LogP contribution is 2.44. The van der Waals surface area contributed by atoms with Crippen LogP contribution in [0.3, 0.4) is 0 Å². The summed E-state index contributed by atoms with van der Waals surface area (Å²) in [6, 6.07) is 11.0. The van der Waals surface area contributed by atoms with E-state index in [1.165, 1.54) is 12.1 Å². The molecule has 0 spiro atoms. The van der Waals surface area contributed by atoms with Gasteiger partial charge >= 0.3 is 0 Å². The highest BCUT2D eigenvalue weighted by atomic mass is 16.6. The average Bonchev–Trinajstić information content (AvgIpc) is 2.44. The van der Waals surface area contributed by atoms with Gasteiger partial charge in [-0.2, -0.15) is 0 Å². The minimum absolute atomic E-state index is 0.0590. The van der Waals surface area contributed by atoms with Gasteiger partial charge < -0.3 is 10.2 Å². The Labute approximate surface area is 107 Å². The highest BCUT2D eigenvalue weighted by molar-refractivity contribution is 6.13. The Morgan fingerprint density at radius 1 is 0.842 bits per heavy atom. The van der Waals surface area contributed by atoms with E-state index >= 15 is 0 Å². The monoisotopic (exact) mass is 255 g/mol. The summed E-state index contributed by atoms with van der Waals surface area (Å²) in [5.41, 5.74) is -0.226. The number of non-ortho nitro benzene ring substituents is 1. The fraction of sp³-hybridized carbons (Fsp3) is 0. The molecule has 3 aromatic carbocycles. The molecule has 94 valence electrons. The largest absolute Gasteiger partial charge is 0.507 e. The van der Waals surface area contributed by atoms with E-state index in [9.17, 15) is 20.3 Å². The van der Waals surface area contributed by atoms with E-state index in [0.717, 1.165) is 0 Å². The average molecular weight is 255 g/mol. The first-order valence-corrected chi connectivity index (χ1v) is 5.61. The van der Waals surface area contributed by atoms with Crippen LogP contribution in [0, 0.1) is 10.1 Å². The van der Waals surface area contributed by atoms with Crippen molar-refractivity contribution in [2.24, 2.45) is 0 Å². The molecule has 2 N–H and O–H groups in total. The summed E-state index contributed by atoms with van der Waals surface area (Å²) >= 11 is 0. The first-order valence-electron chi connectivity index (χ1n) is 5.61. The third-order valence-corrected chi connectivity index (χ3v) is 3.17. The SMILES string of the molecule is O=[N+]([O-])c1cccc2c(O)c3ccccc3c(O)c12. The van der Waals surface area contributed by atoms with Crippen molar-refractivity contribution < 1.29 is 15.1 Å². The molecular formula is C14H9NO4. The number of nitrogens with zero attached hydrogens (tertiary/aromatic N) is 1. The molecular weight excluding hydrogens is 246 g/mol. The van der Waals surface area contributed by atoms with Crippen molar-refractivity contribution in [1.82, 2.24) is 0 Å². The Hall–Kier alpha value is -2.82. The van der Waals surface area contributed by atoms with E-state index in [1.54, 1.807) is 30.3 Å². The molecule has 5 nitrogen and oxygen atoms in total. The lowest BCUT2D eigenvalue weighted by molar-refractivity contribution is -0.383. The molecule has 0 unspecified atom stereocenters. The zero-order valence-corrected chi connectivity index (χ0v) is 9.70. The van der Waals surface area contributed by atoms with Crippen molar-refractivity contribution in [3.63, 3.8) is 0 Å². The summed E-state index contributed by atoms with van der Waals surface area (Å²) < 4.78 is 0. The van der Waals surface area contributed by atoms with Gasteiger partial charge in [-0.15, -0.1) is 0 Å². The zero-order valence-electron chi connectivity index (χ0n) is 9.70. The molecule has 5 heteroatoms. The lowest BCUT2D eigenvalue weighted by Crippen LogP contribution is -1.90. The van der Waals surface area contributed by atoms with Crippen molar-refractivity contribution in [3.05, 3.63) is 52.6 Å². The van der Waals surface area contributed by atoms with E-state index in [2.05, 4.69) is 0 Å². The first-order chi connectivity index (χ1) is 9.11. The molecule has 0 saturated heterocycles. The minimum Gasteiger partial charge on any atom is -0.507 e. The third kappa shape index (κ3) is 1.48. The van der Waals surface area contributed by atoms with Crippen LogP contribution in [-0.4, -0.2) is 15.1 Å². The second kappa shape index (κ2) is 3.84. The van der Waals surface area contributed by atoms with Crippen LogP contribution in [0.15, 0.2) is 42.5 Å². The van der Waals surface area contributed by atoms with Gasteiger partial charge in [0.05, 0.1) is 4.92 Å². The Bertz CT molecular complexity index is 826. The van der Waals surface area contributed by atoms with Crippen LogP contribution in [0.4, 0.5) is 5.69 Å². The van der Waals surface area contributed by atoms with Gasteiger partial charge in [-0.05, 0) is 6.07 Å². The molecule has 0 aliphatic heterocycles. The second-order valence-electron chi connectivity index (χ2n) is 4.20. The lowest BCUT2D eigenvalue weighted by atomic mass is 9.99. The summed E-state index contributed by atoms with van der Waals surface area (Å²) in [6.07, 6.45) is 0. The number of phenolic OH excluding ortho intramolecular Hbond substituents is 2. The van der Waals surface area contributed by atoms with E-state index in [-0.39, 0.29) is 28.0 Å². The summed E-state index contributed by atoms with van der Waals surface area (Å²) in [5, 5.41) is 32.7. The van der Waals surface area contributed by atoms with Gasteiger partial charge in [0.1, 0.15) is 16.9 Å². The van der Waals surface area contributed by atoms with E-state index in [1.807, 2.05) is 0 Å². The van der Waals surface area contributed by atoms with Crippen molar-refractivity contribution in [2.75, 3.05) is 0 Å². The van der Waals surface area contributed by atoms with Gasteiger partial charge in [-0.1, -0.05) is 30.3 Å². The number of benzene rings is 3. The molecule has 0 heterocycles.